The maximum Gasteiger partial charge on any atom is 0.416 e. The van der Waals surface area contributed by atoms with Crippen LogP contribution in [0.2, 0.25) is 0 Å². The lowest BCUT2D eigenvalue weighted by Crippen LogP contribution is -2.51. The number of hydrogen-bond donors (Lipinski definition) is 1. The molecule has 4 aliphatic heterocycles. The topological polar surface area (TPSA) is 83.6 Å². The normalized spacial score (nSPS) is 27.1. The number of carbonyl (C=O) groups excluding carboxylic acids is 2. The van der Waals surface area contributed by atoms with Crippen molar-refractivity contribution in [2.75, 3.05) is 85.2 Å². The minimum Gasteiger partial charge on any atom is -0.497 e. The van der Waals surface area contributed by atoms with Gasteiger partial charge in [0, 0.05) is 75.9 Å². The summed E-state index contributed by atoms with van der Waals surface area (Å²) in [7, 11) is 4.45. The fraction of sp³-hybridized carbons (Fsp3) is 0.622. The highest BCUT2D eigenvalue weighted by Gasteiger charge is 2.57. The molecule has 50 heavy (non-hydrogen) atoms. The van der Waals surface area contributed by atoms with Gasteiger partial charge in [-0.25, -0.2) is 4.39 Å². The Bertz CT molecular complexity index is 1500. The number of esters is 1. The second-order valence-electron chi connectivity index (χ2n) is 14.2. The largest absolute Gasteiger partial charge is 0.497 e. The molecule has 0 aliphatic carbocycles. The van der Waals surface area contributed by atoms with Crippen molar-refractivity contribution >= 4 is 17.6 Å². The van der Waals surface area contributed by atoms with E-state index in [1.807, 2.05) is 17.0 Å². The molecule has 4 fully saturated rings. The Hall–Kier alpha value is -3.42. The van der Waals surface area contributed by atoms with Crippen molar-refractivity contribution in [3.8, 4) is 5.75 Å². The Morgan fingerprint density at radius 3 is 2.26 bits per heavy atom. The third kappa shape index (κ3) is 7.32. The number of nitrogens with zero attached hydrogens (tertiary/aromatic N) is 3. The van der Waals surface area contributed by atoms with Crippen molar-refractivity contribution in [2.24, 2.45) is 11.8 Å². The number of benzene rings is 2. The molecule has 2 aromatic carbocycles. The Morgan fingerprint density at radius 1 is 0.940 bits per heavy atom. The quantitative estimate of drug-likeness (QED) is 0.293. The van der Waals surface area contributed by atoms with Crippen molar-refractivity contribution in [1.82, 2.24) is 15.1 Å². The van der Waals surface area contributed by atoms with Crippen LogP contribution in [0.4, 0.5) is 23.2 Å². The second kappa shape index (κ2) is 15.1. The molecule has 274 valence electrons. The molecule has 0 radical (unpaired) electrons. The summed E-state index contributed by atoms with van der Waals surface area (Å²) in [4.78, 5) is 32.4. The summed E-state index contributed by atoms with van der Waals surface area (Å²) in [6.07, 6.45) is -1.92. The van der Waals surface area contributed by atoms with E-state index in [4.69, 9.17) is 14.2 Å². The number of hydrogen-bond acceptors (Lipinski definition) is 8. The summed E-state index contributed by atoms with van der Waals surface area (Å²) < 4.78 is 75.6. The maximum absolute atomic E-state index is 17.7. The summed E-state index contributed by atoms with van der Waals surface area (Å²) in [5.74, 6) is -1.95. The molecule has 9 nitrogen and oxygen atoms in total. The first-order valence-electron chi connectivity index (χ1n) is 17.6. The van der Waals surface area contributed by atoms with E-state index in [1.165, 1.54) is 19.2 Å². The Kier molecular flexibility index (Phi) is 10.9. The van der Waals surface area contributed by atoms with E-state index in [0.29, 0.717) is 49.5 Å². The smallest absolute Gasteiger partial charge is 0.416 e. The number of alkyl halides is 4. The fourth-order valence-electron chi connectivity index (χ4n) is 8.59. The van der Waals surface area contributed by atoms with Crippen molar-refractivity contribution in [3.63, 3.8) is 0 Å². The van der Waals surface area contributed by atoms with Gasteiger partial charge < -0.3 is 29.3 Å². The first kappa shape index (κ1) is 36.4. The standard InChI is InChI=1S/C37H48F4N4O5/c1-48-22-26-19-44(20-31(26)30-9-6-27(37(39,40)41)18-33(30)43-16-12-25(13-17-43)34(46)50-3)35(47)36(38)23-45(28-10-14-42-15-11-28)21-32(36)24-4-7-29(49-2)8-5-24/h4-9,18,25-26,28,31-32,42H,10-17,19-23H2,1-3H3/t26-,31+,32+,36+/m1/s1. The monoisotopic (exact) mass is 704 g/mol. The molecule has 6 rings (SSSR count). The second-order valence-corrected chi connectivity index (χ2v) is 14.2. The number of halogens is 4. The van der Waals surface area contributed by atoms with Gasteiger partial charge in [-0.2, -0.15) is 13.2 Å². The van der Waals surface area contributed by atoms with Crippen LogP contribution >= 0.6 is 0 Å². The molecule has 0 bridgehead atoms. The van der Waals surface area contributed by atoms with Gasteiger partial charge in [-0.05, 0) is 74.2 Å². The van der Waals surface area contributed by atoms with Gasteiger partial charge in [-0.15, -0.1) is 0 Å². The number of nitrogens with one attached hydrogen (secondary N) is 1. The van der Waals surface area contributed by atoms with Gasteiger partial charge in [-0.3, -0.25) is 14.5 Å². The van der Waals surface area contributed by atoms with E-state index < -0.39 is 29.2 Å². The van der Waals surface area contributed by atoms with E-state index >= 15 is 4.39 Å². The molecular weight excluding hydrogens is 656 g/mol. The van der Waals surface area contributed by atoms with Crippen LogP contribution in [0.15, 0.2) is 42.5 Å². The van der Waals surface area contributed by atoms with Gasteiger partial charge in [0.05, 0.1) is 32.3 Å². The number of anilines is 1. The van der Waals surface area contributed by atoms with E-state index in [1.54, 1.807) is 31.3 Å². The fourth-order valence-corrected chi connectivity index (χ4v) is 8.59. The summed E-state index contributed by atoms with van der Waals surface area (Å²) in [6.45, 7) is 3.43. The van der Waals surface area contributed by atoms with Gasteiger partial charge in [0.1, 0.15) is 5.75 Å². The highest BCUT2D eigenvalue weighted by Crippen LogP contribution is 2.46. The molecule has 1 N–H and O–H groups in total. The van der Waals surface area contributed by atoms with Crippen molar-refractivity contribution in [1.29, 1.82) is 0 Å². The average Bonchev–Trinajstić information content (AvgIpc) is 3.72. The van der Waals surface area contributed by atoms with Crippen LogP contribution in [0.1, 0.15) is 54.2 Å². The Balaban J connectivity index is 1.31. The number of carbonyl (C=O) groups is 2. The average molecular weight is 705 g/mol. The lowest BCUT2D eigenvalue weighted by molar-refractivity contribution is -0.146. The Labute approximate surface area is 291 Å². The highest BCUT2D eigenvalue weighted by molar-refractivity contribution is 5.88. The van der Waals surface area contributed by atoms with Crippen LogP contribution in [-0.4, -0.2) is 114 Å². The Morgan fingerprint density at radius 2 is 1.64 bits per heavy atom. The predicted molar refractivity (Wildman–Crippen MR) is 180 cm³/mol. The first-order chi connectivity index (χ1) is 24.0. The molecule has 13 heteroatoms. The molecule has 2 aromatic rings. The number of ether oxygens (including phenoxy) is 3. The minimum absolute atomic E-state index is 0.0238. The van der Waals surface area contributed by atoms with Gasteiger partial charge in [0.15, 0.2) is 0 Å². The van der Waals surface area contributed by atoms with Crippen molar-refractivity contribution in [3.05, 3.63) is 59.2 Å². The van der Waals surface area contributed by atoms with E-state index in [0.717, 1.165) is 37.6 Å². The molecule has 4 saturated heterocycles. The van der Waals surface area contributed by atoms with Crippen LogP contribution in [0.25, 0.3) is 0 Å². The van der Waals surface area contributed by atoms with Crippen LogP contribution in [0.5, 0.6) is 5.75 Å². The lowest BCUT2D eigenvalue weighted by atomic mass is 9.85. The minimum atomic E-state index is -4.55. The van der Waals surface area contributed by atoms with E-state index in [9.17, 15) is 22.8 Å². The molecule has 4 atom stereocenters. The molecule has 0 unspecified atom stereocenters. The molecule has 0 saturated carbocycles. The van der Waals surface area contributed by atoms with Gasteiger partial charge in [-0.1, -0.05) is 18.2 Å². The zero-order valence-electron chi connectivity index (χ0n) is 29.0. The summed E-state index contributed by atoms with van der Waals surface area (Å²) in [6, 6.07) is 11.1. The van der Waals surface area contributed by atoms with Gasteiger partial charge in [0.2, 0.25) is 5.67 Å². The van der Waals surface area contributed by atoms with Crippen LogP contribution in [0, 0.1) is 11.8 Å². The van der Waals surface area contributed by atoms with E-state index in [-0.39, 0.29) is 56.0 Å². The zero-order valence-corrected chi connectivity index (χ0v) is 29.0. The number of amides is 1. The highest BCUT2D eigenvalue weighted by atomic mass is 19.4. The SMILES string of the molecule is COC[C@H]1CN(C(=O)[C@]2(F)CN(C3CCNCC3)C[C@H]2c2ccc(OC)cc2)C[C@@H]1c1ccc(C(F)(F)F)cc1N1CCC(C(=O)OC)CC1. The summed E-state index contributed by atoms with van der Waals surface area (Å²) in [5, 5.41) is 3.36. The molecule has 0 aromatic heterocycles. The summed E-state index contributed by atoms with van der Waals surface area (Å²) in [5.41, 5.74) is -1.16. The van der Waals surface area contributed by atoms with Crippen LogP contribution in [0.3, 0.4) is 0 Å². The zero-order chi connectivity index (χ0) is 35.6. The number of methoxy groups -OCH3 is 3. The maximum atomic E-state index is 17.7. The number of piperidine rings is 2. The molecule has 4 heterocycles. The van der Waals surface area contributed by atoms with Crippen molar-refractivity contribution < 1.29 is 41.4 Å². The predicted octanol–water partition coefficient (Wildman–Crippen LogP) is 4.85. The van der Waals surface area contributed by atoms with Crippen LogP contribution in [-0.2, 0) is 25.2 Å². The van der Waals surface area contributed by atoms with Gasteiger partial charge >= 0.3 is 12.1 Å². The van der Waals surface area contributed by atoms with Crippen LogP contribution < -0.4 is 15.0 Å². The van der Waals surface area contributed by atoms with E-state index in [2.05, 4.69) is 10.2 Å². The van der Waals surface area contributed by atoms with Gasteiger partial charge in [0.25, 0.3) is 5.91 Å². The molecule has 0 spiro atoms. The first-order valence-corrected chi connectivity index (χ1v) is 17.6. The lowest BCUT2D eigenvalue weighted by Gasteiger charge is -2.35. The van der Waals surface area contributed by atoms with Crippen molar-refractivity contribution in [2.45, 2.75) is 55.4 Å². The molecule has 1 amide bonds. The molecular formula is C37H48F4N4O5. The third-order valence-corrected chi connectivity index (χ3v) is 11.3. The number of likely N-dealkylation sites (tertiary alicyclic amines) is 2. The third-order valence-electron chi connectivity index (χ3n) is 11.3. The summed E-state index contributed by atoms with van der Waals surface area (Å²) >= 11 is 0. The number of rotatable bonds is 9. The molecule has 4 aliphatic rings.